The van der Waals surface area contributed by atoms with Crippen LogP contribution in [0.2, 0.25) is 0 Å². The first-order valence-electron chi connectivity index (χ1n) is 13.8. The summed E-state index contributed by atoms with van der Waals surface area (Å²) in [4.78, 5) is 11.5. The second-order valence-corrected chi connectivity index (χ2v) is 11.1. The van der Waals surface area contributed by atoms with Crippen molar-refractivity contribution >= 4 is 34.4 Å². The van der Waals surface area contributed by atoms with E-state index in [-0.39, 0.29) is 12.1 Å². The maximum Gasteiger partial charge on any atom is 0.174 e. The highest BCUT2D eigenvalue weighted by atomic mass is 32.1. The first-order chi connectivity index (χ1) is 19.4. The van der Waals surface area contributed by atoms with Gasteiger partial charge < -0.3 is 29.3 Å². The number of nitrogens with one attached hydrogen (secondary N) is 1. The number of benzene rings is 2. The van der Waals surface area contributed by atoms with Gasteiger partial charge >= 0.3 is 0 Å². The topological polar surface area (TPSA) is 48.8 Å². The molecule has 2 aliphatic rings. The molecule has 0 aliphatic carbocycles. The minimum atomic E-state index is -0.0835. The van der Waals surface area contributed by atoms with Crippen molar-refractivity contribution in [2.24, 2.45) is 0 Å². The van der Waals surface area contributed by atoms with E-state index in [0.717, 1.165) is 49.1 Å². The first kappa shape index (κ1) is 26.3. The number of thiocarbonyl (C=S) groups is 1. The average Bonchev–Trinajstić information content (AvgIpc) is 3.48. The van der Waals surface area contributed by atoms with Gasteiger partial charge in [-0.1, -0.05) is 6.07 Å². The highest BCUT2D eigenvalue weighted by Crippen LogP contribution is 2.44. The molecule has 2 aromatic heterocycles. The molecule has 2 aliphatic heterocycles. The number of ether oxygens (including phenoxy) is 1. The van der Waals surface area contributed by atoms with Crippen LogP contribution in [0.15, 0.2) is 79.0 Å². The molecule has 7 nitrogen and oxygen atoms in total. The fourth-order valence-electron chi connectivity index (χ4n) is 5.98. The van der Waals surface area contributed by atoms with E-state index in [9.17, 15) is 0 Å². The Morgan fingerprint density at radius 1 is 0.900 bits per heavy atom. The molecule has 2 aromatic carbocycles. The largest absolute Gasteiger partial charge is 0.378 e. The summed E-state index contributed by atoms with van der Waals surface area (Å²) in [7, 11) is 4.11. The number of hydrogen-bond acceptors (Lipinski definition) is 5. The normalized spacial score (nSPS) is 19.1. The van der Waals surface area contributed by atoms with Crippen molar-refractivity contribution in [2.45, 2.75) is 25.9 Å². The van der Waals surface area contributed by atoms with E-state index < -0.39 is 0 Å². The highest BCUT2D eigenvalue weighted by Gasteiger charge is 2.42. The van der Waals surface area contributed by atoms with Gasteiger partial charge in [0.1, 0.15) is 0 Å². The fraction of sp³-hybridized carbons (Fsp3) is 0.312. The third-order valence-electron chi connectivity index (χ3n) is 8.02. The molecule has 40 heavy (non-hydrogen) atoms. The van der Waals surface area contributed by atoms with Crippen molar-refractivity contribution in [3.8, 4) is 5.69 Å². The Bertz CT molecular complexity index is 1480. The van der Waals surface area contributed by atoms with Crippen molar-refractivity contribution in [1.82, 2.24) is 14.9 Å². The SMILES string of the molecule is Cc1cc([C@H]2[C@H](c3ccccn3)NC(=S)N2c2ccc(N(C)C)cc2)c(C)n1-c1ccc(N2CCOCC2)cc1. The maximum atomic E-state index is 5.97. The minimum absolute atomic E-state index is 0.0554. The summed E-state index contributed by atoms with van der Waals surface area (Å²) in [5, 5.41) is 4.31. The number of pyridine rings is 1. The van der Waals surface area contributed by atoms with Gasteiger partial charge in [-0.15, -0.1) is 0 Å². The van der Waals surface area contributed by atoms with Crippen molar-refractivity contribution in [3.05, 3.63) is 102 Å². The van der Waals surface area contributed by atoms with E-state index in [1.54, 1.807) is 0 Å². The summed E-state index contributed by atoms with van der Waals surface area (Å²) in [6.07, 6.45) is 1.85. The second-order valence-electron chi connectivity index (χ2n) is 10.7. The van der Waals surface area contributed by atoms with E-state index in [4.69, 9.17) is 21.9 Å². The van der Waals surface area contributed by atoms with Gasteiger partial charge in [0.05, 0.1) is 31.0 Å². The van der Waals surface area contributed by atoms with E-state index >= 15 is 0 Å². The van der Waals surface area contributed by atoms with Crippen LogP contribution in [0.3, 0.4) is 0 Å². The number of aromatic nitrogens is 2. The number of morpholine rings is 1. The number of anilines is 3. The molecule has 8 heteroatoms. The monoisotopic (exact) mass is 552 g/mol. The second kappa shape index (κ2) is 10.9. The molecule has 0 radical (unpaired) electrons. The molecule has 2 fully saturated rings. The predicted molar refractivity (Wildman–Crippen MR) is 167 cm³/mol. The Labute approximate surface area is 242 Å². The van der Waals surface area contributed by atoms with Gasteiger partial charge in [-0.3, -0.25) is 4.98 Å². The van der Waals surface area contributed by atoms with E-state index in [1.165, 1.54) is 22.6 Å². The number of rotatable bonds is 6. The molecule has 206 valence electrons. The molecule has 0 amide bonds. The zero-order chi connectivity index (χ0) is 27.8. The Morgan fingerprint density at radius 2 is 1.57 bits per heavy atom. The Balaban J connectivity index is 1.40. The lowest BCUT2D eigenvalue weighted by Gasteiger charge is -2.29. The molecule has 2 atom stereocenters. The lowest BCUT2D eigenvalue weighted by molar-refractivity contribution is 0.122. The van der Waals surface area contributed by atoms with Crippen LogP contribution in [-0.4, -0.2) is 55.1 Å². The quantitative estimate of drug-likeness (QED) is 0.314. The van der Waals surface area contributed by atoms with Gasteiger partial charge in [-0.05, 0) is 98.4 Å². The lowest BCUT2D eigenvalue weighted by atomic mass is 9.96. The molecule has 0 bridgehead atoms. The minimum Gasteiger partial charge on any atom is -0.378 e. The summed E-state index contributed by atoms with van der Waals surface area (Å²) in [6, 6.07) is 25.7. The fourth-order valence-corrected chi connectivity index (χ4v) is 6.32. The summed E-state index contributed by atoms with van der Waals surface area (Å²) in [6.45, 7) is 7.81. The predicted octanol–water partition coefficient (Wildman–Crippen LogP) is 5.57. The van der Waals surface area contributed by atoms with Crippen molar-refractivity contribution in [1.29, 1.82) is 0 Å². The van der Waals surface area contributed by atoms with Gasteiger partial charge in [0, 0.05) is 67.5 Å². The highest BCUT2D eigenvalue weighted by molar-refractivity contribution is 7.80. The van der Waals surface area contributed by atoms with E-state index in [2.05, 4.69) is 113 Å². The third kappa shape index (κ3) is 4.82. The van der Waals surface area contributed by atoms with Gasteiger partial charge in [-0.2, -0.15) is 0 Å². The smallest absolute Gasteiger partial charge is 0.174 e. The summed E-state index contributed by atoms with van der Waals surface area (Å²) < 4.78 is 7.88. The summed E-state index contributed by atoms with van der Waals surface area (Å²) in [5.74, 6) is 0. The summed E-state index contributed by atoms with van der Waals surface area (Å²) in [5.41, 5.74) is 9.20. The molecule has 6 rings (SSSR count). The standard InChI is InChI=1S/C32H36N6OS/c1-22-21-28(23(2)37(22)26-14-10-25(11-15-26)36-17-19-39-20-18-36)31-30(29-7-5-6-16-33-29)34-32(40)38(31)27-12-8-24(9-13-27)35(3)4/h5-16,21,30-31H,17-20H2,1-4H3,(H,34,40)/t30-,31-/m0/s1. The molecule has 0 unspecified atom stereocenters. The molecule has 0 saturated carbocycles. The third-order valence-corrected chi connectivity index (χ3v) is 8.33. The number of hydrogen-bond donors (Lipinski definition) is 1. The van der Waals surface area contributed by atoms with Gasteiger partial charge in [0.15, 0.2) is 5.11 Å². The maximum absolute atomic E-state index is 5.97. The van der Waals surface area contributed by atoms with Crippen molar-refractivity contribution in [2.75, 3.05) is 55.1 Å². The molecule has 4 aromatic rings. The van der Waals surface area contributed by atoms with E-state index in [1.807, 2.05) is 18.3 Å². The van der Waals surface area contributed by atoms with Crippen LogP contribution in [0.4, 0.5) is 17.1 Å². The number of nitrogens with zero attached hydrogens (tertiary/aromatic N) is 5. The van der Waals surface area contributed by atoms with Gasteiger partial charge in [0.25, 0.3) is 0 Å². The molecule has 2 saturated heterocycles. The average molecular weight is 553 g/mol. The Kier molecular flexibility index (Phi) is 7.21. The lowest BCUT2D eigenvalue weighted by Crippen LogP contribution is -2.36. The zero-order valence-electron chi connectivity index (χ0n) is 23.5. The van der Waals surface area contributed by atoms with Crippen molar-refractivity contribution in [3.63, 3.8) is 0 Å². The van der Waals surface area contributed by atoms with Crippen LogP contribution in [0.25, 0.3) is 5.69 Å². The van der Waals surface area contributed by atoms with Gasteiger partial charge in [-0.25, -0.2) is 0 Å². The molecule has 1 N–H and O–H groups in total. The van der Waals surface area contributed by atoms with E-state index in [0.29, 0.717) is 5.11 Å². The van der Waals surface area contributed by atoms with Crippen LogP contribution in [0.1, 0.15) is 34.7 Å². The molecule has 4 heterocycles. The Morgan fingerprint density at radius 3 is 2.23 bits per heavy atom. The first-order valence-corrected chi connectivity index (χ1v) is 14.2. The van der Waals surface area contributed by atoms with Crippen LogP contribution < -0.4 is 20.0 Å². The van der Waals surface area contributed by atoms with Crippen LogP contribution in [-0.2, 0) is 4.74 Å². The van der Waals surface area contributed by atoms with Crippen LogP contribution in [0.5, 0.6) is 0 Å². The summed E-state index contributed by atoms with van der Waals surface area (Å²) >= 11 is 5.97. The molecular formula is C32H36N6OS. The van der Waals surface area contributed by atoms with Crippen LogP contribution >= 0.6 is 12.2 Å². The molecular weight excluding hydrogens is 516 g/mol. The van der Waals surface area contributed by atoms with Crippen molar-refractivity contribution < 1.29 is 4.74 Å². The van der Waals surface area contributed by atoms with Gasteiger partial charge in [0.2, 0.25) is 0 Å². The zero-order valence-corrected chi connectivity index (χ0v) is 24.4. The number of aryl methyl sites for hydroxylation is 1. The molecule has 0 spiro atoms. The van der Waals surface area contributed by atoms with Crippen LogP contribution in [0, 0.1) is 13.8 Å². The Hall–Kier alpha value is -3.88.